The molecule has 118 heavy (non-hydrogen) atoms. The molecule has 0 unspecified atom stereocenters. The number of rotatable bonds is 42. The van der Waals surface area contributed by atoms with Gasteiger partial charge in [-0.05, 0) is 121 Å². The first-order chi connectivity index (χ1) is 56.8. The van der Waals surface area contributed by atoms with Crippen molar-refractivity contribution in [3.05, 3.63) is 192 Å². The zero-order chi connectivity index (χ0) is 83.6. The van der Waals surface area contributed by atoms with Crippen LogP contribution in [0.5, 0.6) is 23.0 Å². The Bertz CT molecular complexity index is 5320. The van der Waals surface area contributed by atoms with Crippen molar-refractivity contribution < 1.29 is 114 Å². The minimum absolute atomic E-state index is 0.0321. The lowest BCUT2D eigenvalue weighted by molar-refractivity contribution is -0.432. The van der Waals surface area contributed by atoms with E-state index in [1.54, 1.807) is 46.2 Å². The summed E-state index contributed by atoms with van der Waals surface area (Å²) in [6.45, 7) is -0.904. The number of hydrogen-bond acceptors (Lipinski definition) is 40. The van der Waals surface area contributed by atoms with Gasteiger partial charge in [0, 0.05) is 74.5 Å². The van der Waals surface area contributed by atoms with Gasteiger partial charge in [0.15, 0.2) is 0 Å². The summed E-state index contributed by atoms with van der Waals surface area (Å²) >= 11 is 1.41. The van der Waals surface area contributed by atoms with Crippen molar-refractivity contribution in [3.8, 4) is 23.0 Å². The Morgan fingerprint density at radius 1 is 0.356 bits per heavy atom. The van der Waals surface area contributed by atoms with E-state index in [-0.39, 0.29) is 200 Å². The molecular weight excluding hydrogens is 1630 g/mol. The van der Waals surface area contributed by atoms with Crippen LogP contribution >= 0.6 is 24.1 Å². The first-order valence-corrected chi connectivity index (χ1v) is 39.2. The lowest BCUT2D eigenvalue weighted by atomic mass is 10.2. The van der Waals surface area contributed by atoms with Crippen molar-refractivity contribution in [3.63, 3.8) is 0 Å². The van der Waals surface area contributed by atoms with Crippen molar-refractivity contribution >= 4 is 172 Å². The molecule has 11 rings (SSSR count). The Morgan fingerprint density at radius 3 is 0.839 bits per heavy atom. The molecule has 0 atom stereocenters. The Labute approximate surface area is 675 Å². The topological polar surface area (TPSA) is 603 Å². The van der Waals surface area contributed by atoms with Gasteiger partial charge in [-0.3, -0.25) is 9.11 Å². The highest BCUT2D eigenvalue weighted by Gasteiger charge is 2.26. The number of piperazine rings is 1. The molecule has 1 saturated heterocycles. The summed E-state index contributed by atoms with van der Waals surface area (Å²) in [6, 6.07) is 40.7. The SMILES string of the molecule is O=C(O)c1cccc(N=Nc2ccc(Nc3nc(Nc4ccc(N=Nc5cccc(C(=O)O)c5)cc4OCCS(=O)(=O)O)nc(N4CCN(c5nc(Nc6ccc(N=Nc7cccc(C(=O)O)c7)cc6OCCSOOO)nc(Nc6ccc(N=Nc7cccc(C(=O)O)c7)cc6OCCS(=O)(=O)O)n5)CC4)n3)c(OCCSOOO)c2)c1. The number of nitrogens with zero attached hydrogens (tertiary/aromatic N) is 16. The van der Waals surface area contributed by atoms with E-state index in [2.05, 4.69) is 80.9 Å². The van der Waals surface area contributed by atoms with Crippen LogP contribution in [0.3, 0.4) is 0 Å². The summed E-state index contributed by atoms with van der Waals surface area (Å²) < 4.78 is 101. The van der Waals surface area contributed by atoms with Gasteiger partial charge in [-0.1, -0.05) is 34.3 Å². The summed E-state index contributed by atoms with van der Waals surface area (Å²) in [7, 11) is -9.12. The molecule has 1 aliphatic heterocycles. The Kier molecular flexibility index (Phi) is 29.7. The molecule has 612 valence electrons. The first kappa shape index (κ1) is 85.2. The van der Waals surface area contributed by atoms with Crippen LogP contribution in [-0.2, 0) is 39.0 Å². The molecule has 8 aromatic carbocycles. The third-order valence-electron chi connectivity index (χ3n) is 15.6. The predicted octanol–water partition coefficient (Wildman–Crippen LogP) is 14.2. The number of ether oxygens (including phenoxy) is 4. The summed E-state index contributed by atoms with van der Waals surface area (Å²) in [5.41, 5.74) is 2.04. The minimum atomic E-state index is -4.56. The summed E-state index contributed by atoms with van der Waals surface area (Å²) in [5, 5.41) is 110. The van der Waals surface area contributed by atoms with Gasteiger partial charge in [0.2, 0.25) is 35.7 Å². The molecule has 12 N–H and O–H groups in total. The molecule has 0 radical (unpaired) electrons. The van der Waals surface area contributed by atoms with E-state index in [1.165, 1.54) is 133 Å². The fourth-order valence-corrected chi connectivity index (χ4v) is 11.4. The number of anilines is 10. The van der Waals surface area contributed by atoms with Crippen molar-refractivity contribution in [2.75, 3.05) is 107 Å². The van der Waals surface area contributed by atoms with Crippen LogP contribution in [-0.4, -0.2) is 186 Å². The smallest absolute Gasteiger partial charge is 0.335 e. The van der Waals surface area contributed by atoms with Gasteiger partial charge < -0.3 is 70.4 Å². The number of benzene rings is 8. The minimum Gasteiger partial charge on any atom is -0.490 e. The molecular formula is C70H64N20O24S4. The van der Waals surface area contributed by atoms with E-state index in [1.807, 2.05) is 0 Å². The summed E-state index contributed by atoms with van der Waals surface area (Å²) in [6.07, 6.45) is 0. The maximum atomic E-state index is 12.0. The normalized spacial score (nSPS) is 12.5. The van der Waals surface area contributed by atoms with E-state index in [9.17, 15) is 65.5 Å². The molecule has 0 aliphatic carbocycles. The second kappa shape index (κ2) is 41.1. The zero-order valence-electron chi connectivity index (χ0n) is 60.5. The Hall–Kier alpha value is -13.7. The number of carbonyl (C=O) groups is 4. The van der Waals surface area contributed by atoms with E-state index in [4.69, 9.17) is 59.4 Å². The van der Waals surface area contributed by atoms with Crippen molar-refractivity contribution in [1.82, 2.24) is 29.9 Å². The van der Waals surface area contributed by atoms with Gasteiger partial charge in [0.25, 0.3) is 20.2 Å². The molecule has 0 bridgehead atoms. The molecule has 0 saturated carbocycles. The summed E-state index contributed by atoms with van der Waals surface area (Å²) in [5.74, 6) is -6.61. The second-order valence-electron chi connectivity index (χ2n) is 23.9. The van der Waals surface area contributed by atoms with Crippen LogP contribution in [0.15, 0.2) is 211 Å². The molecule has 1 aliphatic rings. The third kappa shape index (κ3) is 26.2. The lowest BCUT2D eigenvalue weighted by Crippen LogP contribution is -2.48. The molecule has 44 nitrogen and oxygen atoms in total. The molecule has 0 spiro atoms. The monoisotopic (exact) mass is 1700 g/mol. The number of nitrogens with one attached hydrogen (secondary N) is 4. The fraction of sp³-hybridized carbons (Fsp3) is 0.171. The van der Waals surface area contributed by atoms with Crippen LogP contribution in [0.2, 0.25) is 0 Å². The molecule has 3 heterocycles. The van der Waals surface area contributed by atoms with E-state index in [0.29, 0.717) is 24.1 Å². The van der Waals surface area contributed by atoms with E-state index < -0.39 is 68.8 Å². The number of aromatic carboxylic acids is 4. The molecule has 1 fully saturated rings. The second-order valence-corrected chi connectivity index (χ2v) is 28.6. The van der Waals surface area contributed by atoms with Gasteiger partial charge in [-0.15, -0.1) is 8.67 Å². The number of carboxylic acids is 4. The number of aromatic nitrogens is 6. The Balaban J connectivity index is 0.962. The van der Waals surface area contributed by atoms with Crippen LogP contribution < -0.4 is 50.0 Å². The number of azo groups is 4. The third-order valence-corrected chi connectivity index (χ3v) is 18.0. The predicted molar refractivity (Wildman–Crippen MR) is 423 cm³/mol. The fourth-order valence-electron chi connectivity index (χ4n) is 10.3. The van der Waals surface area contributed by atoms with Gasteiger partial charge in [-0.2, -0.15) is 87.7 Å². The molecule has 48 heteroatoms. The molecule has 10 aromatic rings. The quantitative estimate of drug-likeness (QED) is 0.00422. The highest BCUT2D eigenvalue weighted by molar-refractivity contribution is 7.94. The van der Waals surface area contributed by atoms with Crippen molar-refractivity contribution in [2.24, 2.45) is 40.9 Å². The van der Waals surface area contributed by atoms with Crippen molar-refractivity contribution in [2.45, 2.75) is 0 Å². The largest absolute Gasteiger partial charge is 0.490 e. The van der Waals surface area contributed by atoms with E-state index in [0.717, 1.165) is 0 Å². The lowest BCUT2D eigenvalue weighted by Gasteiger charge is -2.35. The highest BCUT2D eigenvalue weighted by atomic mass is 32.2. The van der Waals surface area contributed by atoms with Crippen LogP contribution in [0.1, 0.15) is 41.4 Å². The molecule has 0 amide bonds. The van der Waals surface area contributed by atoms with Gasteiger partial charge in [0.1, 0.15) is 47.7 Å². The van der Waals surface area contributed by atoms with Crippen LogP contribution in [0.25, 0.3) is 0 Å². The van der Waals surface area contributed by atoms with Gasteiger partial charge >= 0.3 is 23.9 Å². The van der Waals surface area contributed by atoms with Crippen LogP contribution in [0.4, 0.5) is 104 Å². The average molecular weight is 1700 g/mol. The maximum Gasteiger partial charge on any atom is 0.335 e. The number of hydrogen-bond donors (Lipinski definition) is 12. The number of carboxylic acid groups (broad SMARTS) is 4. The standard InChI is InChI=1S/C70H64N20O24S4/c91-61(92)41-5-1-9-45(33-41)81-85-49-13-17-53(57(37-49)107-25-29-115-113-111-99)71-65-75-67(73-55-19-15-51(39-59(55)109-27-31-117(101,102)103)87-83-47-11-3-7-43(35-47)63(95)96)79-69(77-65)89-21-23-90(24-22-89)70-78-66(72-54-18-14-50(38-58(54)108-26-30-116-114-112-100)86-82-46-10-2-6-42(34-46)62(93)94)76-68(80-70)74-56-20-16-52(40-60(56)110-28-32-118(104,105)106)88-84-48-12-4-8-44(36-48)64(97)98/h1-20,33-40,99-100H,21-32H2,(H,91,92)(H,93,94)(H,95,96)(H,97,98)(H,101,102,103)(H,104,105,106)(H2,71,73,75,77,79)(H2,72,74,76,78,80). The summed E-state index contributed by atoms with van der Waals surface area (Å²) in [4.78, 5) is 79.4. The van der Waals surface area contributed by atoms with Crippen molar-refractivity contribution in [1.29, 1.82) is 0 Å². The highest BCUT2D eigenvalue weighted by Crippen LogP contribution is 2.39. The Morgan fingerprint density at radius 2 is 0.602 bits per heavy atom. The average Bonchev–Trinajstić information content (AvgIpc) is 0.800. The van der Waals surface area contributed by atoms with Gasteiger partial charge in [-0.25, -0.2) is 29.7 Å². The maximum absolute atomic E-state index is 12.0. The molecule has 2 aromatic heterocycles. The van der Waals surface area contributed by atoms with Crippen LogP contribution in [0, 0.1) is 0 Å². The van der Waals surface area contributed by atoms with Gasteiger partial charge in [0.05, 0.1) is 115 Å². The first-order valence-electron chi connectivity index (χ1n) is 34.1. The zero-order valence-corrected chi connectivity index (χ0v) is 63.8. The van der Waals surface area contributed by atoms with E-state index >= 15 is 0 Å².